The summed E-state index contributed by atoms with van der Waals surface area (Å²) in [5, 5.41) is 3.52. The van der Waals surface area contributed by atoms with E-state index in [1.165, 1.54) is 11.1 Å². The summed E-state index contributed by atoms with van der Waals surface area (Å²) in [4.78, 5) is 16.8. The number of benzene rings is 2. The van der Waals surface area contributed by atoms with Gasteiger partial charge in [-0.3, -0.25) is 0 Å². The van der Waals surface area contributed by atoms with Gasteiger partial charge in [-0.1, -0.05) is 36.4 Å². The van der Waals surface area contributed by atoms with E-state index in [1.807, 2.05) is 24.3 Å². The zero-order valence-corrected chi connectivity index (χ0v) is 12.0. The van der Waals surface area contributed by atoms with Gasteiger partial charge in [0.15, 0.2) is 0 Å². The molecule has 3 N–H and O–H groups in total. The van der Waals surface area contributed by atoms with E-state index in [0.717, 1.165) is 24.0 Å². The predicted octanol–water partition coefficient (Wildman–Crippen LogP) is 2.75. The first-order chi connectivity index (χ1) is 10.2. The van der Waals surface area contributed by atoms with Crippen LogP contribution in [0.4, 0.5) is 0 Å². The van der Waals surface area contributed by atoms with Gasteiger partial charge < -0.3 is 15.3 Å². The molecule has 0 radical (unpaired) electrons. The van der Waals surface area contributed by atoms with E-state index in [2.05, 4.69) is 46.5 Å². The minimum absolute atomic E-state index is 0.160. The van der Waals surface area contributed by atoms with Crippen molar-refractivity contribution in [2.75, 3.05) is 6.54 Å². The molecule has 1 aromatic heterocycles. The van der Waals surface area contributed by atoms with Gasteiger partial charge in [-0.05, 0) is 43.1 Å². The number of H-pyrrole nitrogens is 2. The number of imidazole rings is 1. The fraction of sp³-hybridized carbons (Fsp3) is 0.235. The average molecular weight is 281 g/mol. The summed E-state index contributed by atoms with van der Waals surface area (Å²) in [6, 6.07) is 16.7. The van der Waals surface area contributed by atoms with Gasteiger partial charge in [0, 0.05) is 6.04 Å². The molecule has 0 saturated carbocycles. The van der Waals surface area contributed by atoms with Crippen LogP contribution in [0.5, 0.6) is 0 Å². The van der Waals surface area contributed by atoms with Gasteiger partial charge in [0.25, 0.3) is 0 Å². The SMILES string of the molecule is CC(NCCc1ccccc1)c1ccc2[nH]c(=O)[nH]c2c1. The lowest BCUT2D eigenvalue weighted by atomic mass is 10.1. The second-order valence-corrected chi connectivity index (χ2v) is 5.30. The van der Waals surface area contributed by atoms with E-state index in [9.17, 15) is 4.79 Å². The highest BCUT2D eigenvalue weighted by Crippen LogP contribution is 2.16. The van der Waals surface area contributed by atoms with Crippen molar-refractivity contribution in [3.8, 4) is 0 Å². The Hall–Kier alpha value is -2.33. The molecule has 0 bridgehead atoms. The van der Waals surface area contributed by atoms with Crippen molar-refractivity contribution in [2.45, 2.75) is 19.4 Å². The highest BCUT2D eigenvalue weighted by atomic mass is 16.1. The highest BCUT2D eigenvalue weighted by Gasteiger charge is 2.06. The Labute approximate surface area is 123 Å². The molecule has 108 valence electrons. The maximum Gasteiger partial charge on any atom is 0.323 e. The number of hydrogen-bond donors (Lipinski definition) is 3. The number of aromatic nitrogens is 2. The van der Waals surface area contributed by atoms with E-state index >= 15 is 0 Å². The Kier molecular flexibility index (Phi) is 3.88. The molecule has 4 heteroatoms. The van der Waals surface area contributed by atoms with Crippen LogP contribution in [0.3, 0.4) is 0 Å². The monoisotopic (exact) mass is 281 g/mol. The van der Waals surface area contributed by atoms with Gasteiger partial charge in [-0.15, -0.1) is 0 Å². The van der Waals surface area contributed by atoms with Crippen LogP contribution in [0.1, 0.15) is 24.1 Å². The lowest BCUT2D eigenvalue weighted by molar-refractivity contribution is 0.577. The first-order valence-corrected chi connectivity index (χ1v) is 7.21. The van der Waals surface area contributed by atoms with Crippen molar-refractivity contribution >= 4 is 11.0 Å². The molecule has 1 unspecified atom stereocenters. The summed E-state index contributed by atoms with van der Waals surface area (Å²) in [6.07, 6.45) is 1.01. The molecule has 0 aliphatic heterocycles. The third-order valence-electron chi connectivity index (χ3n) is 3.75. The van der Waals surface area contributed by atoms with E-state index in [-0.39, 0.29) is 11.7 Å². The van der Waals surface area contributed by atoms with E-state index in [1.54, 1.807) is 0 Å². The largest absolute Gasteiger partial charge is 0.323 e. The molecule has 2 aromatic carbocycles. The van der Waals surface area contributed by atoms with Gasteiger partial charge >= 0.3 is 5.69 Å². The number of nitrogens with one attached hydrogen (secondary N) is 3. The fourth-order valence-corrected chi connectivity index (χ4v) is 2.52. The Morgan fingerprint density at radius 3 is 2.62 bits per heavy atom. The van der Waals surface area contributed by atoms with Crippen molar-refractivity contribution in [2.24, 2.45) is 0 Å². The summed E-state index contributed by atoms with van der Waals surface area (Å²) in [7, 11) is 0. The minimum atomic E-state index is -0.160. The molecule has 3 aromatic rings. The number of aromatic amines is 2. The Bertz CT molecular complexity index is 773. The second-order valence-electron chi connectivity index (χ2n) is 5.30. The molecule has 0 saturated heterocycles. The van der Waals surface area contributed by atoms with Gasteiger partial charge in [-0.25, -0.2) is 4.79 Å². The summed E-state index contributed by atoms with van der Waals surface area (Å²) in [6.45, 7) is 3.06. The van der Waals surface area contributed by atoms with Crippen LogP contribution in [0.15, 0.2) is 53.3 Å². The zero-order chi connectivity index (χ0) is 14.7. The summed E-state index contributed by atoms with van der Waals surface area (Å²) < 4.78 is 0. The standard InChI is InChI=1S/C17H19N3O/c1-12(18-10-9-13-5-3-2-4-6-13)14-7-8-15-16(11-14)20-17(21)19-15/h2-8,11-12,18H,9-10H2,1H3,(H2,19,20,21). The molecule has 0 amide bonds. The van der Waals surface area contributed by atoms with Crippen LogP contribution in [0, 0.1) is 0 Å². The zero-order valence-electron chi connectivity index (χ0n) is 12.0. The topological polar surface area (TPSA) is 60.7 Å². The summed E-state index contributed by atoms with van der Waals surface area (Å²) in [5.41, 5.74) is 4.05. The van der Waals surface area contributed by atoms with Gasteiger partial charge in [0.1, 0.15) is 0 Å². The van der Waals surface area contributed by atoms with Gasteiger partial charge in [-0.2, -0.15) is 0 Å². The first kappa shape index (κ1) is 13.6. The fourth-order valence-electron chi connectivity index (χ4n) is 2.52. The van der Waals surface area contributed by atoms with Crippen LogP contribution in [-0.2, 0) is 6.42 Å². The summed E-state index contributed by atoms with van der Waals surface area (Å²) >= 11 is 0. The molecule has 0 spiro atoms. The minimum Gasteiger partial charge on any atom is -0.310 e. The average Bonchev–Trinajstić information content (AvgIpc) is 2.87. The third kappa shape index (κ3) is 3.23. The molecule has 4 nitrogen and oxygen atoms in total. The van der Waals surface area contributed by atoms with Crippen LogP contribution in [0.25, 0.3) is 11.0 Å². The Balaban J connectivity index is 1.63. The van der Waals surface area contributed by atoms with Crippen molar-refractivity contribution in [3.05, 3.63) is 70.1 Å². The maximum atomic E-state index is 11.3. The van der Waals surface area contributed by atoms with Gasteiger partial charge in [0.2, 0.25) is 0 Å². The second kappa shape index (κ2) is 5.97. The first-order valence-electron chi connectivity index (χ1n) is 7.21. The molecule has 0 aliphatic rings. The van der Waals surface area contributed by atoms with E-state index in [4.69, 9.17) is 0 Å². The van der Waals surface area contributed by atoms with Crippen molar-refractivity contribution in [3.63, 3.8) is 0 Å². The molecule has 3 rings (SSSR count). The van der Waals surface area contributed by atoms with Crippen LogP contribution >= 0.6 is 0 Å². The van der Waals surface area contributed by atoms with Crippen molar-refractivity contribution in [1.82, 2.24) is 15.3 Å². The number of rotatable bonds is 5. The summed E-state index contributed by atoms with van der Waals surface area (Å²) in [5.74, 6) is 0. The van der Waals surface area contributed by atoms with Crippen LogP contribution < -0.4 is 11.0 Å². The predicted molar refractivity (Wildman–Crippen MR) is 85.5 cm³/mol. The van der Waals surface area contributed by atoms with Crippen LogP contribution in [-0.4, -0.2) is 16.5 Å². The third-order valence-corrected chi connectivity index (χ3v) is 3.75. The molecule has 1 atom stereocenters. The smallest absolute Gasteiger partial charge is 0.310 e. The quantitative estimate of drug-likeness (QED) is 0.673. The van der Waals surface area contributed by atoms with Crippen molar-refractivity contribution in [1.29, 1.82) is 0 Å². The van der Waals surface area contributed by atoms with Gasteiger partial charge in [0.05, 0.1) is 11.0 Å². The maximum absolute atomic E-state index is 11.3. The normalized spacial score (nSPS) is 12.6. The lowest BCUT2D eigenvalue weighted by Gasteiger charge is -2.14. The molecule has 21 heavy (non-hydrogen) atoms. The Morgan fingerprint density at radius 2 is 1.81 bits per heavy atom. The molecule has 1 heterocycles. The van der Waals surface area contributed by atoms with Crippen LogP contribution in [0.2, 0.25) is 0 Å². The Morgan fingerprint density at radius 1 is 1.05 bits per heavy atom. The molecular weight excluding hydrogens is 262 g/mol. The lowest BCUT2D eigenvalue weighted by Crippen LogP contribution is -2.21. The molecule has 0 fully saturated rings. The van der Waals surface area contributed by atoms with Crippen molar-refractivity contribution < 1.29 is 0 Å². The molecule has 0 aliphatic carbocycles. The number of fused-ring (bicyclic) bond motifs is 1. The number of hydrogen-bond acceptors (Lipinski definition) is 2. The molecular formula is C17H19N3O. The van der Waals surface area contributed by atoms with E-state index in [0.29, 0.717) is 0 Å². The highest BCUT2D eigenvalue weighted by molar-refractivity contribution is 5.75. The van der Waals surface area contributed by atoms with E-state index < -0.39 is 0 Å².